The molecule has 0 aliphatic carbocycles. The van der Waals surface area contributed by atoms with E-state index in [9.17, 15) is 29.4 Å². The fraction of sp³-hybridized carbons (Fsp3) is 0.0833. The molecule has 0 saturated carbocycles. The fourth-order valence-electron chi connectivity index (χ4n) is 3.24. The van der Waals surface area contributed by atoms with Gasteiger partial charge in [0.05, 0.1) is 29.0 Å². The highest BCUT2D eigenvalue weighted by Crippen LogP contribution is 2.33. The first kappa shape index (κ1) is 25.5. The van der Waals surface area contributed by atoms with E-state index in [2.05, 4.69) is 5.32 Å². The molecule has 0 saturated heterocycles. The van der Waals surface area contributed by atoms with Crippen LogP contribution in [-0.4, -0.2) is 45.7 Å². The van der Waals surface area contributed by atoms with E-state index in [1.807, 2.05) is 0 Å². The number of rotatable bonds is 7. The summed E-state index contributed by atoms with van der Waals surface area (Å²) in [5, 5.41) is 31.8. The van der Waals surface area contributed by atoms with Crippen molar-refractivity contribution >= 4 is 52.7 Å². The van der Waals surface area contributed by atoms with Crippen molar-refractivity contribution in [2.75, 3.05) is 11.9 Å². The number of esters is 1. The summed E-state index contributed by atoms with van der Waals surface area (Å²) in [7, 11) is 0. The number of carbonyl (C=O) groups is 4. The molecule has 0 heterocycles. The third kappa shape index (κ3) is 5.53. The summed E-state index contributed by atoms with van der Waals surface area (Å²) in [6, 6.07) is 10.6. The number of hydrogen-bond donors (Lipinski definition) is 4. The number of phenols is 1. The minimum Gasteiger partial charge on any atom is -0.507 e. The van der Waals surface area contributed by atoms with Crippen LogP contribution in [0.2, 0.25) is 10.0 Å². The minimum atomic E-state index is -1.59. The van der Waals surface area contributed by atoms with Crippen LogP contribution >= 0.6 is 23.2 Å². The number of carbonyl (C=O) groups excluding carboxylic acids is 2. The molecule has 11 heteroatoms. The van der Waals surface area contributed by atoms with Crippen LogP contribution in [0.3, 0.4) is 0 Å². The summed E-state index contributed by atoms with van der Waals surface area (Å²) in [5.41, 5.74) is -0.899. The second-order valence-electron chi connectivity index (χ2n) is 7.08. The first-order valence-electron chi connectivity index (χ1n) is 9.95. The van der Waals surface area contributed by atoms with Crippen molar-refractivity contribution in [3.63, 3.8) is 0 Å². The lowest BCUT2D eigenvalue weighted by molar-refractivity contribution is 0.0526. The lowest BCUT2D eigenvalue weighted by atomic mass is 10.00. The smallest absolute Gasteiger partial charge is 0.340 e. The molecular weight excluding hydrogens is 501 g/mol. The molecule has 0 bridgehead atoms. The van der Waals surface area contributed by atoms with E-state index in [0.717, 1.165) is 6.07 Å². The molecule has 1 amide bonds. The summed E-state index contributed by atoms with van der Waals surface area (Å²) >= 11 is 12.2. The number of aromatic carboxylic acids is 2. The number of halogens is 2. The summed E-state index contributed by atoms with van der Waals surface area (Å²) < 4.78 is 5.03. The lowest BCUT2D eigenvalue weighted by Crippen LogP contribution is -2.19. The SMILES string of the molecule is CCOC(=O)c1ccc(-c2ccc(Cl)cc2Cl)cc1NC(=O)c1cc(O)c(C(=O)O)cc1C(=O)O. The van der Waals surface area contributed by atoms with Gasteiger partial charge in [-0.05, 0) is 48.9 Å². The number of amides is 1. The van der Waals surface area contributed by atoms with Crippen LogP contribution in [0.5, 0.6) is 5.75 Å². The summed E-state index contributed by atoms with van der Waals surface area (Å²) in [5.74, 6) is -5.74. The van der Waals surface area contributed by atoms with Gasteiger partial charge in [0.2, 0.25) is 0 Å². The monoisotopic (exact) mass is 517 g/mol. The average Bonchev–Trinajstić information content (AvgIpc) is 2.78. The number of ether oxygens (including phenoxy) is 1. The molecule has 9 nitrogen and oxygen atoms in total. The standard InChI is InChI=1S/C24H17Cl2NO8/c1-2-35-24(34)14-5-3-11(13-6-4-12(25)8-18(13)26)7-19(14)27-21(29)15-10-20(28)17(23(32)33)9-16(15)22(30)31/h3-10,28H,2H2,1H3,(H,27,29)(H,30,31)(H,32,33). The van der Waals surface area contributed by atoms with E-state index in [-0.39, 0.29) is 17.9 Å². The van der Waals surface area contributed by atoms with Crippen LogP contribution in [0, 0.1) is 0 Å². The molecule has 0 radical (unpaired) electrons. The van der Waals surface area contributed by atoms with Crippen molar-refractivity contribution in [2.24, 2.45) is 0 Å². The number of carboxylic acid groups (broad SMARTS) is 2. The predicted molar refractivity (Wildman–Crippen MR) is 128 cm³/mol. The summed E-state index contributed by atoms with van der Waals surface area (Å²) in [4.78, 5) is 48.4. The number of nitrogens with one attached hydrogen (secondary N) is 1. The first-order chi connectivity index (χ1) is 16.5. The number of aromatic hydroxyl groups is 1. The molecular formula is C24H17Cl2NO8. The van der Waals surface area contributed by atoms with E-state index < -0.39 is 46.3 Å². The van der Waals surface area contributed by atoms with Crippen molar-refractivity contribution in [3.8, 4) is 16.9 Å². The molecule has 0 spiro atoms. The maximum Gasteiger partial charge on any atom is 0.340 e. The normalized spacial score (nSPS) is 10.5. The zero-order valence-electron chi connectivity index (χ0n) is 18.0. The van der Waals surface area contributed by atoms with E-state index >= 15 is 0 Å². The third-order valence-electron chi connectivity index (χ3n) is 4.85. The minimum absolute atomic E-state index is 0.0303. The zero-order valence-corrected chi connectivity index (χ0v) is 19.5. The number of benzene rings is 3. The second-order valence-corrected chi connectivity index (χ2v) is 7.93. The molecule has 0 fully saturated rings. The predicted octanol–water partition coefficient (Wildman–Crippen LogP) is 5.19. The Bertz CT molecular complexity index is 1370. The fourth-order valence-corrected chi connectivity index (χ4v) is 3.76. The Morgan fingerprint density at radius 1 is 0.857 bits per heavy atom. The number of hydrogen-bond acceptors (Lipinski definition) is 6. The molecule has 3 aromatic rings. The Balaban J connectivity index is 2.12. The van der Waals surface area contributed by atoms with Crippen molar-refractivity contribution in [1.82, 2.24) is 0 Å². The van der Waals surface area contributed by atoms with Gasteiger partial charge in [-0.25, -0.2) is 14.4 Å². The maximum absolute atomic E-state index is 13.0. The number of anilines is 1. The highest BCUT2D eigenvalue weighted by Gasteiger charge is 2.24. The molecule has 4 N–H and O–H groups in total. The summed E-state index contributed by atoms with van der Waals surface area (Å²) in [6.45, 7) is 1.66. The van der Waals surface area contributed by atoms with Crippen molar-refractivity contribution in [3.05, 3.63) is 80.8 Å². The molecule has 0 unspecified atom stereocenters. The van der Waals surface area contributed by atoms with Crippen LogP contribution in [0.1, 0.15) is 48.4 Å². The van der Waals surface area contributed by atoms with Gasteiger partial charge in [0.1, 0.15) is 11.3 Å². The molecule has 0 aromatic heterocycles. The topological polar surface area (TPSA) is 150 Å². The highest BCUT2D eigenvalue weighted by atomic mass is 35.5. The van der Waals surface area contributed by atoms with Crippen molar-refractivity contribution in [2.45, 2.75) is 6.92 Å². The van der Waals surface area contributed by atoms with E-state index in [0.29, 0.717) is 27.2 Å². The Morgan fingerprint density at radius 2 is 1.54 bits per heavy atom. The number of carboxylic acids is 2. The van der Waals surface area contributed by atoms with Gasteiger partial charge in [0.15, 0.2) is 0 Å². The molecule has 3 rings (SSSR count). The zero-order chi connectivity index (χ0) is 25.9. The summed E-state index contributed by atoms with van der Waals surface area (Å²) in [6.07, 6.45) is 0. The quantitative estimate of drug-likeness (QED) is 0.312. The van der Waals surface area contributed by atoms with Crippen LogP contribution < -0.4 is 5.32 Å². The molecule has 0 aliphatic heterocycles. The maximum atomic E-state index is 13.0. The molecule has 0 aliphatic rings. The molecule has 180 valence electrons. The van der Waals surface area contributed by atoms with Gasteiger partial charge in [-0.2, -0.15) is 0 Å². The van der Waals surface area contributed by atoms with Crippen molar-refractivity contribution < 1.29 is 39.2 Å². The Hall–Kier alpha value is -4.08. The van der Waals surface area contributed by atoms with Crippen molar-refractivity contribution in [1.29, 1.82) is 0 Å². The Kier molecular flexibility index (Phi) is 7.63. The second kappa shape index (κ2) is 10.5. The van der Waals surface area contributed by atoms with E-state index in [1.165, 1.54) is 18.2 Å². The van der Waals surface area contributed by atoms with Gasteiger partial charge >= 0.3 is 17.9 Å². The van der Waals surface area contributed by atoms with Gasteiger partial charge in [-0.1, -0.05) is 35.3 Å². The largest absolute Gasteiger partial charge is 0.507 e. The Morgan fingerprint density at radius 3 is 2.14 bits per heavy atom. The van der Waals surface area contributed by atoms with Gasteiger partial charge in [0.25, 0.3) is 5.91 Å². The van der Waals surface area contributed by atoms with Gasteiger partial charge in [-0.3, -0.25) is 4.79 Å². The van der Waals surface area contributed by atoms with Crippen LogP contribution in [0.15, 0.2) is 48.5 Å². The molecule has 3 aromatic carbocycles. The molecule has 35 heavy (non-hydrogen) atoms. The van der Waals surface area contributed by atoms with E-state index in [1.54, 1.807) is 25.1 Å². The van der Waals surface area contributed by atoms with Crippen LogP contribution in [-0.2, 0) is 4.74 Å². The third-order valence-corrected chi connectivity index (χ3v) is 5.39. The average molecular weight is 518 g/mol. The lowest BCUT2D eigenvalue weighted by Gasteiger charge is -2.15. The Labute approximate surface area is 208 Å². The van der Waals surface area contributed by atoms with Crippen LogP contribution in [0.4, 0.5) is 5.69 Å². The van der Waals surface area contributed by atoms with E-state index in [4.69, 9.17) is 33.0 Å². The van der Waals surface area contributed by atoms with Gasteiger partial charge in [-0.15, -0.1) is 0 Å². The van der Waals surface area contributed by atoms with Crippen LogP contribution in [0.25, 0.3) is 11.1 Å². The molecule has 0 atom stereocenters. The van der Waals surface area contributed by atoms with Gasteiger partial charge < -0.3 is 25.4 Å². The first-order valence-corrected chi connectivity index (χ1v) is 10.7. The van der Waals surface area contributed by atoms with Gasteiger partial charge in [0, 0.05) is 15.6 Å². The highest BCUT2D eigenvalue weighted by molar-refractivity contribution is 6.36.